The Bertz CT molecular complexity index is 383. The van der Waals surface area contributed by atoms with Crippen molar-refractivity contribution in [2.24, 2.45) is 22.2 Å². The highest BCUT2D eigenvalue weighted by Gasteiger charge is 2.47. The molecule has 1 amide bonds. The molecule has 0 aromatic carbocycles. The van der Waals surface area contributed by atoms with Crippen molar-refractivity contribution in [2.75, 3.05) is 0 Å². The van der Waals surface area contributed by atoms with Crippen LogP contribution in [-0.4, -0.2) is 22.9 Å². The van der Waals surface area contributed by atoms with Crippen molar-refractivity contribution >= 4 is 11.7 Å². The molecule has 3 unspecified atom stereocenters. The van der Waals surface area contributed by atoms with Crippen molar-refractivity contribution in [3.8, 4) is 0 Å². The first kappa shape index (κ1) is 11.1. The van der Waals surface area contributed by atoms with Gasteiger partial charge in [-0.15, -0.1) is 0 Å². The molecule has 0 spiro atoms. The SMILES string of the molecule is CC(C)(C)C1=NC2CC3CCCC3C(=O)N2N1. The molecular formula is C13H21N3O. The predicted molar refractivity (Wildman–Crippen MR) is 66.1 cm³/mol. The Morgan fingerprint density at radius 3 is 2.82 bits per heavy atom. The van der Waals surface area contributed by atoms with Gasteiger partial charge in [0.25, 0.3) is 0 Å². The number of carbonyl (C=O) groups is 1. The van der Waals surface area contributed by atoms with Crippen molar-refractivity contribution < 1.29 is 4.79 Å². The van der Waals surface area contributed by atoms with E-state index in [0.717, 1.165) is 18.7 Å². The molecule has 0 bridgehead atoms. The minimum absolute atomic E-state index is 0.00721. The zero-order valence-corrected chi connectivity index (χ0v) is 10.9. The number of piperidine rings is 1. The van der Waals surface area contributed by atoms with Crippen LogP contribution in [0.2, 0.25) is 0 Å². The van der Waals surface area contributed by atoms with E-state index in [1.807, 2.05) is 0 Å². The Labute approximate surface area is 102 Å². The van der Waals surface area contributed by atoms with Crippen LogP contribution in [0.25, 0.3) is 0 Å². The zero-order valence-electron chi connectivity index (χ0n) is 10.9. The first-order valence-electron chi connectivity index (χ1n) is 6.65. The topological polar surface area (TPSA) is 44.7 Å². The van der Waals surface area contributed by atoms with E-state index in [9.17, 15) is 4.79 Å². The zero-order chi connectivity index (χ0) is 12.2. The smallest absolute Gasteiger partial charge is 0.246 e. The van der Waals surface area contributed by atoms with Crippen LogP contribution in [0.1, 0.15) is 46.5 Å². The molecule has 1 saturated carbocycles. The van der Waals surface area contributed by atoms with Gasteiger partial charge in [-0.1, -0.05) is 27.2 Å². The second-order valence-electron chi connectivity index (χ2n) is 6.56. The summed E-state index contributed by atoms with van der Waals surface area (Å²) in [7, 11) is 0. The summed E-state index contributed by atoms with van der Waals surface area (Å²) < 4.78 is 0. The minimum atomic E-state index is -0.00721. The maximum absolute atomic E-state index is 12.4. The van der Waals surface area contributed by atoms with Gasteiger partial charge < -0.3 is 0 Å². The molecule has 1 saturated heterocycles. The molecule has 4 heteroatoms. The molecule has 1 N–H and O–H groups in total. The fraction of sp³-hybridized carbons (Fsp3) is 0.846. The van der Waals surface area contributed by atoms with E-state index < -0.39 is 0 Å². The van der Waals surface area contributed by atoms with Crippen LogP contribution >= 0.6 is 0 Å². The van der Waals surface area contributed by atoms with Crippen molar-refractivity contribution in [3.63, 3.8) is 0 Å². The van der Waals surface area contributed by atoms with E-state index in [0.29, 0.717) is 5.92 Å². The number of aliphatic imine (C=N–C) groups is 1. The van der Waals surface area contributed by atoms with Crippen molar-refractivity contribution in [2.45, 2.75) is 52.6 Å². The molecule has 4 nitrogen and oxygen atoms in total. The lowest BCUT2D eigenvalue weighted by Gasteiger charge is -2.35. The molecule has 3 rings (SSSR count). The van der Waals surface area contributed by atoms with Gasteiger partial charge in [0.1, 0.15) is 12.0 Å². The quantitative estimate of drug-likeness (QED) is 0.697. The van der Waals surface area contributed by atoms with E-state index in [-0.39, 0.29) is 23.4 Å². The van der Waals surface area contributed by atoms with Crippen LogP contribution in [0.4, 0.5) is 0 Å². The normalized spacial score (nSPS) is 36.4. The summed E-state index contributed by atoms with van der Waals surface area (Å²) in [4.78, 5) is 17.1. The number of hydrazine groups is 1. The third kappa shape index (κ3) is 1.65. The van der Waals surface area contributed by atoms with E-state index in [1.54, 1.807) is 5.01 Å². The minimum Gasteiger partial charge on any atom is -0.281 e. The lowest BCUT2D eigenvalue weighted by Crippen LogP contribution is -2.54. The van der Waals surface area contributed by atoms with Gasteiger partial charge in [0.05, 0.1) is 0 Å². The summed E-state index contributed by atoms with van der Waals surface area (Å²) in [6.07, 6.45) is 4.58. The van der Waals surface area contributed by atoms with Gasteiger partial charge in [-0.05, 0) is 25.2 Å². The fourth-order valence-corrected chi connectivity index (χ4v) is 3.24. The van der Waals surface area contributed by atoms with E-state index in [2.05, 4.69) is 26.2 Å². The number of hydrogen-bond donors (Lipinski definition) is 1. The third-order valence-electron chi connectivity index (χ3n) is 4.24. The Morgan fingerprint density at radius 1 is 1.35 bits per heavy atom. The van der Waals surface area contributed by atoms with Crippen molar-refractivity contribution in [3.05, 3.63) is 0 Å². The van der Waals surface area contributed by atoms with E-state index in [4.69, 9.17) is 4.99 Å². The molecule has 0 aromatic heterocycles. The number of nitrogens with zero attached hydrogens (tertiary/aromatic N) is 2. The lowest BCUT2D eigenvalue weighted by atomic mass is 9.87. The number of rotatable bonds is 0. The Morgan fingerprint density at radius 2 is 2.12 bits per heavy atom. The number of hydrogen-bond acceptors (Lipinski definition) is 3. The highest BCUT2D eigenvalue weighted by molar-refractivity contribution is 5.92. The standard InChI is InChI=1S/C13H21N3O/c1-13(2,3)12-14-10-7-8-5-4-6-9(8)11(17)16(10)15-12/h8-10H,4-7H2,1-3H3,(H,14,15). The first-order valence-corrected chi connectivity index (χ1v) is 6.65. The van der Waals surface area contributed by atoms with Crippen molar-refractivity contribution in [1.82, 2.24) is 10.4 Å². The third-order valence-corrected chi connectivity index (χ3v) is 4.24. The second-order valence-corrected chi connectivity index (χ2v) is 6.56. The lowest BCUT2D eigenvalue weighted by molar-refractivity contribution is -0.145. The summed E-state index contributed by atoms with van der Waals surface area (Å²) in [6.45, 7) is 6.38. The summed E-state index contributed by atoms with van der Waals surface area (Å²) >= 11 is 0. The van der Waals surface area contributed by atoms with Crippen LogP contribution in [0.5, 0.6) is 0 Å². The molecule has 0 radical (unpaired) electrons. The monoisotopic (exact) mass is 235 g/mol. The Hall–Kier alpha value is -1.06. The maximum atomic E-state index is 12.4. The molecule has 94 valence electrons. The number of amidine groups is 1. The molecule has 2 heterocycles. The highest BCUT2D eigenvalue weighted by atomic mass is 16.2. The van der Waals surface area contributed by atoms with E-state index in [1.165, 1.54) is 12.8 Å². The highest BCUT2D eigenvalue weighted by Crippen LogP contribution is 2.42. The Balaban J connectivity index is 1.84. The van der Waals surface area contributed by atoms with Crippen LogP contribution in [0.15, 0.2) is 4.99 Å². The van der Waals surface area contributed by atoms with Gasteiger partial charge in [-0.3, -0.25) is 10.2 Å². The van der Waals surface area contributed by atoms with Gasteiger partial charge in [0, 0.05) is 11.3 Å². The Kier molecular flexibility index (Phi) is 2.25. The molecule has 17 heavy (non-hydrogen) atoms. The maximum Gasteiger partial charge on any atom is 0.246 e. The number of carbonyl (C=O) groups excluding carboxylic acids is 1. The molecule has 3 atom stereocenters. The summed E-state index contributed by atoms with van der Waals surface area (Å²) in [5, 5.41) is 1.78. The second kappa shape index (κ2) is 3.47. The van der Waals surface area contributed by atoms with E-state index >= 15 is 0 Å². The summed E-state index contributed by atoms with van der Waals surface area (Å²) in [5.74, 6) is 2.06. The van der Waals surface area contributed by atoms with Gasteiger partial charge in [-0.2, -0.15) is 0 Å². The summed E-state index contributed by atoms with van der Waals surface area (Å²) in [5.41, 5.74) is 3.22. The molecule has 2 aliphatic heterocycles. The molecule has 3 aliphatic rings. The number of fused-ring (bicyclic) bond motifs is 2. The molecular weight excluding hydrogens is 214 g/mol. The van der Waals surface area contributed by atoms with Crippen LogP contribution in [0.3, 0.4) is 0 Å². The fourth-order valence-electron chi connectivity index (χ4n) is 3.24. The van der Waals surface area contributed by atoms with Gasteiger partial charge in [0.15, 0.2) is 0 Å². The van der Waals surface area contributed by atoms with Crippen LogP contribution in [-0.2, 0) is 4.79 Å². The molecule has 0 aromatic rings. The number of amides is 1. The van der Waals surface area contributed by atoms with Gasteiger partial charge in [0.2, 0.25) is 5.91 Å². The molecule has 2 fully saturated rings. The van der Waals surface area contributed by atoms with Crippen LogP contribution < -0.4 is 5.43 Å². The average molecular weight is 235 g/mol. The largest absolute Gasteiger partial charge is 0.281 e. The predicted octanol–water partition coefficient (Wildman–Crippen LogP) is 1.92. The summed E-state index contributed by atoms with van der Waals surface area (Å²) in [6, 6.07) is 0. The molecule has 1 aliphatic carbocycles. The first-order chi connectivity index (χ1) is 7.97. The van der Waals surface area contributed by atoms with Crippen LogP contribution in [0, 0.1) is 17.3 Å². The van der Waals surface area contributed by atoms with Crippen molar-refractivity contribution in [1.29, 1.82) is 0 Å². The van der Waals surface area contributed by atoms with Gasteiger partial charge >= 0.3 is 0 Å². The average Bonchev–Trinajstić information content (AvgIpc) is 2.82. The number of nitrogens with one attached hydrogen (secondary N) is 1. The van der Waals surface area contributed by atoms with Gasteiger partial charge in [-0.25, -0.2) is 10.0 Å².